The Kier molecular flexibility index (Phi) is 6.84. The fraction of sp³-hybridized carbons (Fsp3) is 0.263. The van der Waals surface area contributed by atoms with Crippen molar-refractivity contribution in [2.75, 3.05) is 33.2 Å². The maximum atomic E-state index is 11.9. The standard InChI is InChI=1S/C19H23N3O4/c1-13-5-7-15(8-6-13)20-12-19(23)22-21-11-14-9-17(25-3)18(26-4)10-16(14)24-2/h5-11,20H,12H2,1-4H3,(H,22,23)/b21-11+. The number of amides is 1. The number of nitrogens with zero attached hydrogens (tertiary/aromatic N) is 1. The molecule has 2 N–H and O–H groups in total. The fourth-order valence-corrected chi connectivity index (χ4v) is 2.22. The molecule has 138 valence electrons. The zero-order valence-corrected chi connectivity index (χ0v) is 15.3. The van der Waals surface area contributed by atoms with Gasteiger partial charge in [0.25, 0.3) is 5.91 Å². The van der Waals surface area contributed by atoms with Crippen LogP contribution in [0.2, 0.25) is 0 Å². The van der Waals surface area contributed by atoms with Gasteiger partial charge < -0.3 is 19.5 Å². The number of ether oxygens (including phenoxy) is 3. The van der Waals surface area contributed by atoms with Gasteiger partial charge >= 0.3 is 0 Å². The van der Waals surface area contributed by atoms with Gasteiger partial charge in [0, 0.05) is 17.3 Å². The number of hydrogen-bond acceptors (Lipinski definition) is 6. The van der Waals surface area contributed by atoms with Crippen LogP contribution in [0.4, 0.5) is 5.69 Å². The lowest BCUT2D eigenvalue weighted by Gasteiger charge is -2.11. The van der Waals surface area contributed by atoms with Crippen molar-refractivity contribution in [3.8, 4) is 17.2 Å². The topological polar surface area (TPSA) is 81.2 Å². The van der Waals surface area contributed by atoms with Gasteiger partial charge in [-0.2, -0.15) is 5.10 Å². The van der Waals surface area contributed by atoms with E-state index in [0.717, 1.165) is 11.3 Å². The van der Waals surface area contributed by atoms with Gasteiger partial charge in [0.15, 0.2) is 11.5 Å². The minimum atomic E-state index is -0.263. The molecule has 2 aromatic carbocycles. The summed E-state index contributed by atoms with van der Waals surface area (Å²) in [6.45, 7) is 2.12. The molecule has 0 saturated heterocycles. The summed E-state index contributed by atoms with van der Waals surface area (Å²) in [5.41, 5.74) is 5.15. The smallest absolute Gasteiger partial charge is 0.259 e. The molecule has 0 aliphatic heterocycles. The van der Waals surface area contributed by atoms with Crippen LogP contribution in [-0.2, 0) is 4.79 Å². The SMILES string of the molecule is COc1cc(OC)c(OC)cc1/C=N/NC(=O)CNc1ccc(C)cc1. The Balaban J connectivity index is 1.96. The quantitative estimate of drug-likeness (QED) is 0.561. The summed E-state index contributed by atoms with van der Waals surface area (Å²) < 4.78 is 15.8. The van der Waals surface area contributed by atoms with Crippen LogP contribution < -0.4 is 25.0 Å². The largest absolute Gasteiger partial charge is 0.496 e. The Morgan fingerprint density at radius 1 is 1.00 bits per heavy atom. The summed E-state index contributed by atoms with van der Waals surface area (Å²) in [5, 5.41) is 7.00. The summed E-state index contributed by atoms with van der Waals surface area (Å²) in [7, 11) is 4.64. The van der Waals surface area contributed by atoms with Crippen LogP contribution in [0.5, 0.6) is 17.2 Å². The third-order valence-electron chi connectivity index (χ3n) is 3.63. The summed E-state index contributed by atoms with van der Waals surface area (Å²) in [6.07, 6.45) is 1.49. The molecule has 0 bridgehead atoms. The number of benzene rings is 2. The van der Waals surface area contributed by atoms with Gasteiger partial charge in [-0.15, -0.1) is 0 Å². The predicted molar refractivity (Wildman–Crippen MR) is 102 cm³/mol. The second-order valence-electron chi connectivity index (χ2n) is 5.46. The highest BCUT2D eigenvalue weighted by molar-refractivity contribution is 5.87. The number of methoxy groups -OCH3 is 3. The van der Waals surface area contributed by atoms with Gasteiger partial charge in [-0.3, -0.25) is 4.79 Å². The molecule has 7 heteroatoms. The molecule has 2 aromatic rings. The molecule has 0 heterocycles. The van der Waals surface area contributed by atoms with Crippen LogP contribution >= 0.6 is 0 Å². The first-order chi connectivity index (χ1) is 12.6. The van der Waals surface area contributed by atoms with E-state index in [2.05, 4.69) is 15.8 Å². The molecule has 0 unspecified atom stereocenters. The Hall–Kier alpha value is -3.22. The van der Waals surface area contributed by atoms with Gasteiger partial charge in [-0.05, 0) is 25.1 Å². The number of hydrogen-bond donors (Lipinski definition) is 2. The third kappa shape index (κ3) is 5.14. The molecule has 0 spiro atoms. The first-order valence-electron chi connectivity index (χ1n) is 7.99. The highest BCUT2D eigenvalue weighted by Gasteiger charge is 2.10. The number of anilines is 1. The normalized spacial score (nSPS) is 10.5. The summed E-state index contributed by atoms with van der Waals surface area (Å²) >= 11 is 0. The number of aryl methyl sites for hydroxylation is 1. The lowest BCUT2D eigenvalue weighted by molar-refractivity contribution is -0.119. The van der Waals surface area contributed by atoms with Crippen LogP contribution in [0.3, 0.4) is 0 Å². The molecule has 2 rings (SSSR count). The lowest BCUT2D eigenvalue weighted by Crippen LogP contribution is -2.25. The van der Waals surface area contributed by atoms with Crippen LogP contribution in [0, 0.1) is 6.92 Å². The van der Waals surface area contributed by atoms with Gasteiger partial charge in [-0.1, -0.05) is 17.7 Å². The Labute approximate surface area is 153 Å². The van der Waals surface area contributed by atoms with Crippen molar-refractivity contribution in [1.82, 2.24) is 5.43 Å². The Morgan fingerprint density at radius 2 is 1.62 bits per heavy atom. The summed E-state index contributed by atoms with van der Waals surface area (Å²) in [6, 6.07) is 11.2. The first-order valence-corrected chi connectivity index (χ1v) is 7.99. The van der Waals surface area contributed by atoms with E-state index in [-0.39, 0.29) is 12.5 Å². The van der Waals surface area contributed by atoms with Crippen molar-refractivity contribution >= 4 is 17.8 Å². The third-order valence-corrected chi connectivity index (χ3v) is 3.63. The first kappa shape index (κ1) is 19.1. The molecule has 0 saturated carbocycles. The molecule has 0 aromatic heterocycles. The maximum absolute atomic E-state index is 11.9. The van der Waals surface area contributed by atoms with E-state index >= 15 is 0 Å². The Bertz CT molecular complexity index is 773. The summed E-state index contributed by atoms with van der Waals surface area (Å²) in [5.74, 6) is 1.38. The van der Waals surface area contributed by atoms with E-state index in [1.54, 1.807) is 33.5 Å². The van der Waals surface area contributed by atoms with E-state index < -0.39 is 0 Å². The highest BCUT2D eigenvalue weighted by atomic mass is 16.5. The monoisotopic (exact) mass is 357 g/mol. The zero-order chi connectivity index (χ0) is 18.9. The van der Waals surface area contributed by atoms with Crippen LogP contribution in [0.15, 0.2) is 41.5 Å². The van der Waals surface area contributed by atoms with Gasteiger partial charge in [0.05, 0.1) is 34.1 Å². The number of carbonyl (C=O) groups excluding carboxylic acids is 1. The number of rotatable bonds is 8. The minimum absolute atomic E-state index is 0.115. The predicted octanol–water partition coefficient (Wildman–Crippen LogP) is 2.58. The van der Waals surface area contributed by atoms with Crippen molar-refractivity contribution in [2.24, 2.45) is 5.10 Å². The molecule has 0 fully saturated rings. The molecule has 1 amide bonds. The minimum Gasteiger partial charge on any atom is -0.496 e. The van der Waals surface area contributed by atoms with Crippen molar-refractivity contribution in [2.45, 2.75) is 6.92 Å². The molecular weight excluding hydrogens is 334 g/mol. The number of carbonyl (C=O) groups is 1. The van der Waals surface area contributed by atoms with Gasteiger partial charge in [0.1, 0.15) is 5.75 Å². The maximum Gasteiger partial charge on any atom is 0.259 e. The van der Waals surface area contributed by atoms with Gasteiger partial charge in [0.2, 0.25) is 0 Å². The van der Waals surface area contributed by atoms with E-state index in [1.807, 2.05) is 31.2 Å². The molecule has 7 nitrogen and oxygen atoms in total. The van der Waals surface area contributed by atoms with E-state index in [4.69, 9.17) is 14.2 Å². The summed E-state index contributed by atoms with van der Waals surface area (Å²) in [4.78, 5) is 11.9. The molecule has 0 atom stereocenters. The average molecular weight is 357 g/mol. The van der Waals surface area contributed by atoms with E-state index in [0.29, 0.717) is 22.8 Å². The van der Waals surface area contributed by atoms with Crippen molar-refractivity contribution in [3.05, 3.63) is 47.5 Å². The number of nitrogens with one attached hydrogen (secondary N) is 2. The van der Waals surface area contributed by atoms with Crippen molar-refractivity contribution < 1.29 is 19.0 Å². The molecule has 0 aliphatic rings. The van der Waals surface area contributed by atoms with Gasteiger partial charge in [-0.25, -0.2) is 5.43 Å². The zero-order valence-electron chi connectivity index (χ0n) is 15.3. The highest BCUT2D eigenvalue weighted by Crippen LogP contribution is 2.33. The number of hydrazone groups is 1. The Morgan fingerprint density at radius 3 is 2.23 bits per heavy atom. The van der Waals surface area contributed by atoms with Crippen molar-refractivity contribution in [1.29, 1.82) is 0 Å². The molecule has 26 heavy (non-hydrogen) atoms. The fourth-order valence-electron chi connectivity index (χ4n) is 2.22. The van der Waals surface area contributed by atoms with Crippen molar-refractivity contribution in [3.63, 3.8) is 0 Å². The molecule has 0 aliphatic carbocycles. The molecule has 0 radical (unpaired) electrons. The van der Waals surface area contributed by atoms with Crippen LogP contribution in [0.1, 0.15) is 11.1 Å². The van der Waals surface area contributed by atoms with E-state index in [9.17, 15) is 4.79 Å². The lowest BCUT2D eigenvalue weighted by atomic mass is 10.2. The van der Waals surface area contributed by atoms with Crippen LogP contribution in [-0.4, -0.2) is 40.0 Å². The molecular formula is C19H23N3O4. The van der Waals surface area contributed by atoms with E-state index in [1.165, 1.54) is 6.21 Å². The van der Waals surface area contributed by atoms with Crippen LogP contribution in [0.25, 0.3) is 0 Å². The second-order valence-corrected chi connectivity index (χ2v) is 5.46. The second kappa shape index (κ2) is 9.31. The average Bonchev–Trinajstić information content (AvgIpc) is 2.67.